The van der Waals surface area contributed by atoms with Gasteiger partial charge >= 0.3 is 12.1 Å². The van der Waals surface area contributed by atoms with Crippen LogP contribution in [-0.2, 0) is 17.9 Å². The molecule has 1 aliphatic heterocycles. The zero-order valence-corrected chi connectivity index (χ0v) is 18.8. The Bertz CT molecular complexity index is 1190. The number of halogens is 2. The second-order valence-corrected chi connectivity index (χ2v) is 8.17. The van der Waals surface area contributed by atoms with E-state index in [1.807, 2.05) is 43.3 Å². The van der Waals surface area contributed by atoms with E-state index in [0.717, 1.165) is 23.3 Å². The second kappa shape index (κ2) is 10.3. The van der Waals surface area contributed by atoms with Gasteiger partial charge < -0.3 is 9.64 Å². The van der Waals surface area contributed by atoms with Gasteiger partial charge in [-0.1, -0.05) is 42.5 Å². The topological polar surface area (TPSA) is 61.9 Å². The van der Waals surface area contributed by atoms with Crippen LogP contribution in [0.5, 0.6) is 0 Å². The lowest BCUT2D eigenvalue weighted by Crippen LogP contribution is -2.49. The quantitative estimate of drug-likeness (QED) is 0.496. The number of aryl methyl sites for hydroxylation is 1. The van der Waals surface area contributed by atoms with Crippen molar-refractivity contribution in [2.24, 2.45) is 0 Å². The van der Waals surface area contributed by atoms with Crippen LogP contribution < -0.4 is 10.2 Å². The first-order valence-corrected chi connectivity index (χ1v) is 11.0. The van der Waals surface area contributed by atoms with Crippen LogP contribution in [0, 0.1) is 18.6 Å². The summed E-state index contributed by atoms with van der Waals surface area (Å²) in [6.45, 7) is 3.11. The summed E-state index contributed by atoms with van der Waals surface area (Å²) in [4.78, 5) is 28.9. The number of nitrogens with zero attached hydrogens (tertiary/aromatic N) is 2. The highest BCUT2D eigenvalue weighted by Gasteiger charge is 2.29. The van der Waals surface area contributed by atoms with E-state index in [2.05, 4.69) is 5.32 Å². The number of amides is 3. The minimum Gasteiger partial charge on any atom is -0.444 e. The monoisotopic (exact) mass is 465 g/mol. The maximum absolute atomic E-state index is 13.6. The summed E-state index contributed by atoms with van der Waals surface area (Å²) in [5, 5.41) is 2.75. The van der Waals surface area contributed by atoms with E-state index in [1.165, 1.54) is 6.07 Å². The minimum atomic E-state index is -0.946. The molecule has 34 heavy (non-hydrogen) atoms. The van der Waals surface area contributed by atoms with E-state index in [9.17, 15) is 18.4 Å². The Labute approximate surface area is 196 Å². The van der Waals surface area contributed by atoms with Crippen molar-refractivity contribution in [3.8, 4) is 0 Å². The molecule has 6 nitrogen and oxygen atoms in total. The molecule has 1 saturated heterocycles. The molecule has 0 saturated carbocycles. The van der Waals surface area contributed by atoms with E-state index in [4.69, 9.17) is 4.74 Å². The Morgan fingerprint density at radius 3 is 2.53 bits per heavy atom. The first-order valence-electron chi connectivity index (χ1n) is 11.0. The largest absolute Gasteiger partial charge is 0.444 e. The first-order chi connectivity index (χ1) is 16.4. The van der Waals surface area contributed by atoms with Gasteiger partial charge in [-0.15, -0.1) is 0 Å². The molecule has 1 heterocycles. The molecular formula is C26H25F2N3O3. The fourth-order valence-corrected chi connectivity index (χ4v) is 3.86. The van der Waals surface area contributed by atoms with Crippen molar-refractivity contribution < 1.29 is 23.1 Å². The van der Waals surface area contributed by atoms with Gasteiger partial charge in [0.25, 0.3) is 0 Å². The van der Waals surface area contributed by atoms with Crippen LogP contribution in [0.25, 0.3) is 0 Å². The van der Waals surface area contributed by atoms with Crippen molar-refractivity contribution in [3.05, 3.63) is 95.1 Å². The number of nitrogens with one attached hydrogen (secondary N) is 1. The second-order valence-electron chi connectivity index (χ2n) is 8.17. The molecule has 0 bridgehead atoms. The Balaban J connectivity index is 1.48. The Kier molecular flexibility index (Phi) is 7.06. The molecule has 1 aliphatic rings. The Morgan fingerprint density at radius 1 is 0.971 bits per heavy atom. The summed E-state index contributed by atoms with van der Waals surface area (Å²) in [6.07, 6.45) is 0.0556. The number of anilines is 2. The predicted octanol–water partition coefficient (Wildman–Crippen LogP) is 5.85. The third kappa shape index (κ3) is 5.51. The highest BCUT2D eigenvalue weighted by Crippen LogP contribution is 2.30. The van der Waals surface area contributed by atoms with Crippen LogP contribution in [0.3, 0.4) is 0 Å². The summed E-state index contributed by atoms with van der Waals surface area (Å²) in [6, 6.07) is 18.1. The number of hydrogen-bond acceptors (Lipinski definition) is 3. The van der Waals surface area contributed by atoms with Crippen LogP contribution in [0.2, 0.25) is 0 Å². The molecule has 0 aromatic heterocycles. The summed E-state index contributed by atoms with van der Waals surface area (Å²) in [5.41, 5.74) is 3.27. The van der Waals surface area contributed by atoms with Gasteiger partial charge in [0.2, 0.25) is 0 Å². The van der Waals surface area contributed by atoms with Crippen molar-refractivity contribution in [3.63, 3.8) is 0 Å². The smallest absolute Gasteiger partial charge is 0.412 e. The molecule has 3 amide bonds. The van der Waals surface area contributed by atoms with Gasteiger partial charge in [0.1, 0.15) is 6.61 Å². The predicted molar refractivity (Wildman–Crippen MR) is 126 cm³/mol. The zero-order valence-electron chi connectivity index (χ0n) is 18.8. The average Bonchev–Trinajstić information content (AvgIpc) is 2.83. The molecule has 0 spiro atoms. The van der Waals surface area contributed by atoms with Crippen LogP contribution >= 0.6 is 0 Å². The fraction of sp³-hybridized carbons (Fsp3) is 0.231. The van der Waals surface area contributed by atoms with E-state index < -0.39 is 17.7 Å². The van der Waals surface area contributed by atoms with Crippen LogP contribution in [0.15, 0.2) is 66.7 Å². The lowest BCUT2D eigenvalue weighted by Gasteiger charge is -2.36. The number of carbonyl (C=O) groups excluding carboxylic acids is 2. The summed E-state index contributed by atoms with van der Waals surface area (Å²) in [7, 11) is 0. The third-order valence-corrected chi connectivity index (χ3v) is 5.56. The number of rotatable bonds is 6. The first kappa shape index (κ1) is 23.2. The molecular weight excluding hydrogens is 440 g/mol. The molecule has 8 heteroatoms. The molecule has 1 fully saturated rings. The van der Waals surface area contributed by atoms with Gasteiger partial charge in [0.15, 0.2) is 11.6 Å². The fourth-order valence-electron chi connectivity index (χ4n) is 3.86. The molecule has 1 N–H and O–H groups in total. The van der Waals surface area contributed by atoms with Crippen LogP contribution in [0.4, 0.5) is 29.7 Å². The number of hydrogen-bond donors (Lipinski definition) is 1. The molecule has 0 radical (unpaired) electrons. The minimum absolute atomic E-state index is 0.123. The SMILES string of the molecule is Cc1ccc(N2CCCN(Cc3ccc(F)c(F)c3)C2=O)c(NC(=O)OCc2ccccc2)c1. The van der Waals surface area contributed by atoms with E-state index >= 15 is 0 Å². The maximum Gasteiger partial charge on any atom is 0.412 e. The van der Waals surface area contributed by atoms with Crippen molar-refractivity contribution in [1.82, 2.24) is 4.90 Å². The molecule has 0 unspecified atom stereocenters. The normalized spacial score (nSPS) is 13.7. The molecule has 176 valence electrons. The van der Waals surface area contributed by atoms with Crippen molar-refractivity contribution in [2.75, 3.05) is 23.3 Å². The molecule has 0 atom stereocenters. The lowest BCUT2D eigenvalue weighted by atomic mass is 10.1. The van der Waals surface area contributed by atoms with Gasteiger partial charge in [-0.25, -0.2) is 18.4 Å². The molecule has 4 rings (SSSR count). The van der Waals surface area contributed by atoms with Gasteiger partial charge in [-0.2, -0.15) is 0 Å². The number of urea groups is 1. The van der Waals surface area contributed by atoms with E-state index in [0.29, 0.717) is 36.4 Å². The summed E-state index contributed by atoms with van der Waals surface area (Å²) < 4.78 is 32.2. The average molecular weight is 466 g/mol. The third-order valence-electron chi connectivity index (χ3n) is 5.56. The molecule has 3 aromatic carbocycles. The summed E-state index contributed by atoms with van der Waals surface area (Å²) >= 11 is 0. The Hall–Kier alpha value is -3.94. The maximum atomic E-state index is 13.6. The van der Waals surface area contributed by atoms with Crippen molar-refractivity contribution in [2.45, 2.75) is 26.5 Å². The molecule has 3 aromatic rings. The zero-order chi connectivity index (χ0) is 24.1. The number of ether oxygens (including phenoxy) is 1. The van der Waals surface area contributed by atoms with Crippen molar-refractivity contribution >= 4 is 23.5 Å². The Morgan fingerprint density at radius 2 is 1.76 bits per heavy atom. The van der Waals surface area contributed by atoms with Crippen LogP contribution in [-0.4, -0.2) is 30.1 Å². The van der Waals surface area contributed by atoms with Gasteiger partial charge in [-0.3, -0.25) is 10.2 Å². The van der Waals surface area contributed by atoms with Gasteiger partial charge in [0, 0.05) is 19.6 Å². The number of carbonyl (C=O) groups is 2. The highest BCUT2D eigenvalue weighted by atomic mass is 19.2. The highest BCUT2D eigenvalue weighted by molar-refractivity contribution is 5.99. The lowest BCUT2D eigenvalue weighted by molar-refractivity contribution is 0.155. The van der Waals surface area contributed by atoms with Gasteiger partial charge in [0.05, 0.1) is 11.4 Å². The van der Waals surface area contributed by atoms with Crippen molar-refractivity contribution in [1.29, 1.82) is 0 Å². The van der Waals surface area contributed by atoms with E-state index in [-0.39, 0.29) is 19.2 Å². The molecule has 0 aliphatic carbocycles. The van der Waals surface area contributed by atoms with Crippen LogP contribution in [0.1, 0.15) is 23.1 Å². The number of benzene rings is 3. The van der Waals surface area contributed by atoms with E-state index in [1.54, 1.807) is 21.9 Å². The summed E-state index contributed by atoms with van der Waals surface area (Å²) in [5.74, 6) is -1.87. The standard InChI is InChI=1S/C26H25F2N3O3/c1-18-8-11-24(23(14-18)29-25(32)34-17-19-6-3-2-4-7-19)31-13-5-12-30(26(31)33)16-20-9-10-21(27)22(28)15-20/h2-4,6-11,14-15H,5,12-13,16-17H2,1H3,(H,29,32). The van der Waals surface area contributed by atoms with Gasteiger partial charge in [-0.05, 0) is 54.3 Å².